The van der Waals surface area contributed by atoms with E-state index in [-0.39, 0.29) is 23.0 Å². The highest BCUT2D eigenvalue weighted by Gasteiger charge is 2.28. The number of nitrogens with two attached hydrogens (primary N) is 1. The molecule has 8 heteroatoms. The first kappa shape index (κ1) is 18.9. The molecule has 0 aliphatic carbocycles. The molecule has 4 N–H and O–H groups in total. The SMILES string of the molecule is NC(=O)C1CCCN(c2ccc(N/C=C3\C(=O)Nc4cccc(F)c43)cc2F)C1. The number of rotatable bonds is 4. The molecule has 6 nitrogen and oxygen atoms in total. The molecule has 2 heterocycles. The number of carbonyl (C=O) groups excluding carboxylic acids is 2. The van der Waals surface area contributed by atoms with Gasteiger partial charge in [0, 0.05) is 30.5 Å². The largest absolute Gasteiger partial charge is 0.369 e. The van der Waals surface area contributed by atoms with Crippen LogP contribution in [0.3, 0.4) is 0 Å². The summed E-state index contributed by atoms with van der Waals surface area (Å²) in [5, 5.41) is 5.46. The van der Waals surface area contributed by atoms with Gasteiger partial charge in [0.1, 0.15) is 11.6 Å². The van der Waals surface area contributed by atoms with Crippen LogP contribution in [0, 0.1) is 17.6 Å². The standard InChI is InChI=1S/C21H20F2N4O2/c22-15-4-1-5-17-19(15)14(21(29)26-17)10-25-13-6-7-18(16(23)9-13)27-8-2-3-12(11-27)20(24)28/h1,4-7,9-10,12,25H,2-3,8,11H2,(H2,24,28)(H,26,29)/b14-10-. The van der Waals surface area contributed by atoms with Crippen LogP contribution in [-0.4, -0.2) is 24.9 Å². The molecule has 1 unspecified atom stereocenters. The maximum Gasteiger partial charge on any atom is 0.257 e. The molecule has 1 atom stereocenters. The van der Waals surface area contributed by atoms with Gasteiger partial charge >= 0.3 is 0 Å². The Morgan fingerprint density at radius 1 is 1.24 bits per heavy atom. The number of carbonyl (C=O) groups is 2. The average molecular weight is 398 g/mol. The van der Waals surface area contributed by atoms with Crippen molar-refractivity contribution in [2.75, 3.05) is 28.6 Å². The number of amides is 2. The molecule has 2 aromatic rings. The van der Waals surface area contributed by atoms with Crippen LogP contribution in [0.25, 0.3) is 5.57 Å². The van der Waals surface area contributed by atoms with Gasteiger partial charge in [-0.2, -0.15) is 0 Å². The Balaban J connectivity index is 1.53. The molecule has 1 fully saturated rings. The maximum absolute atomic E-state index is 14.7. The topological polar surface area (TPSA) is 87.5 Å². The number of anilines is 3. The minimum Gasteiger partial charge on any atom is -0.369 e. The van der Waals surface area contributed by atoms with E-state index >= 15 is 0 Å². The Hall–Kier alpha value is -3.42. The van der Waals surface area contributed by atoms with Gasteiger partial charge in [-0.15, -0.1) is 0 Å². The van der Waals surface area contributed by atoms with Crippen LogP contribution < -0.4 is 21.3 Å². The van der Waals surface area contributed by atoms with Gasteiger partial charge in [0.25, 0.3) is 5.91 Å². The number of nitrogens with one attached hydrogen (secondary N) is 2. The molecule has 29 heavy (non-hydrogen) atoms. The van der Waals surface area contributed by atoms with Crippen LogP contribution in [0.2, 0.25) is 0 Å². The average Bonchev–Trinajstić information content (AvgIpc) is 3.03. The van der Waals surface area contributed by atoms with E-state index in [4.69, 9.17) is 5.73 Å². The van der Waals surface area contributed by atoms with Crippen molar-refractivity contribution in [1.82, 2.24) is 0 Å². The van der Waals surface area contributed by atoms with Crippen molar-refractivity contribution in [2.24, 2.45) is 11.7 Å². The van der Waals surface area contributed by atoms with Gasteiger partial charge in [-0.3, -0.25) is 9.59 Å². The molecule has 0 aromatic heterocycles. The van der Waals surface area contributed by atoms with E-state index < -0.39 is 17.5 Å². The molecule has 0 radical (unpaired) electrons. The number of benzene rings is 2. The summed E-state index contributed by atoms with van der Waals surface area (Å²) in [6.45, 7) is 1.03. The fourth-order valence-electron chi connectivity index (χ4n) is 3.78. The van der Waals surface area contributed by atoms with E-state index in [2.05, 4.69) is 10.6 Å². The summed E-state index contributed by atoms with van der Waals surface area (Å²) < 4.78 is 28.8. The Kier molecular flexibility index (Phi) is 4.92. The molecule has 4 rings (SSSR count). The van der Waals surface area contributed by atoms with Crippen LogP contribution in [0.1, 0.15) is 18.4 Å². The van der Waals surface area contributed by atoms with Crippen LogP contribution in [0.5, 0.6) is 0 Å². The van der Waals surface area contributed by atoms with E-state index in [1.165, 1.54) is 24.4 Å². The Labute approximate surface area is 166 Å². The monoisotopic (exact) mass is 398 g/mol. The minimum atomic E-state index is -0.510. The molecule has 0 saturated carbocycles. The highest BCUT2D eigenvalue weighted by Crippen LogP contribution is 2.34. The zero-order valence-electron chi connectivity index (χ0n) is 15.5. The third kappa shape index (κ3) is 3.65. The summed E-state index contributed by atoms with van der Waals surface area (Å²) in [7, 11) is 0. The predicted molar refractivity (Wildman–Crippen MR) is 107 cm³/mol. The van der Waals surface area contributed by atoms with Gasteiger partial charge < -0.3 is 21.3 Å². The van der Waals surface area contributed by atoms with Crippen molar-refractivity contribution in [2.45, 2.75) is 12.8 Å². The van der Waals surface area contributed by atoms with Crippen molar-refractivity contribution in [3.63, 3.8) is 0 Å². The first-order valence-electron chi connectivity index (χ1n) is 9.35. The molecule has 0 bridgehead atoms. The smallest absolute Gasteiger partial charge is 0.257 e. The third-order valence-corrected chi connectivity index (χ3v) is 5.27. The summed E-state index contributed by atoms with van der Waals surface area (Å²) in [5.74, 6) is -2.06. The number of piperidine rings is 1. The first-order chi connectivity index (χ1) is 13.9. The lowest BCUT2D eigenvalue weighted by Crippen LogP contribution is -2.41. The zero-order valence-corrected chi connectivity index (χ0v) is 15.5. The van der Waals surface area contributed by atoms with Crippen LogP contribution in [-0.2, 0) is 9.59 Å². The van der Waals surface area contributed by atoms with E-state index in [1.54, 1.807) is 18.2 Å². The van der Waals surface area contributed by atoms with Gasteiger partial charge in [-0.05, 0) is 43.2 Å². The van der Waals surface area contributed by atoms with E-state index in [0.717, 1.165) is 6.42 Å². The third-order valence-electron chi connectivity index (χ3n) is 5.27. The normalized spacial score (nSPS) is 19.8. The van der Waals surface area contributed by atoms with Crippen LogP contribution in [0.4, 0.5) is 25.8 Å². The van der Waals surface area contributed by atoms with Crippen LogP contribution in [0.15, 0.2) is 42.6 Å². The van der Waals surface area contributed by atoms with Crippen molar-refractivity contribution in [1.29, 1.82) is 0 Å². The Morgan fingerprint density at radius 2 is 2.07 bits per heavy atom. The molecule has 0 spiro atoms. The fourth-order valence-corrected chi connectivity index (χ4v) is 3.78. The molecular weight excluding hydrogens is 378 g/mol. The Morgan fingerprint density at radius 3 is 2.83 bits per heavy atom. The number of primary amides is 1. The van der Waals surface area contributed by atoms with E-state index in [0.29, 0.717) is 36.6 Å². The zero-order chi connectivity index (χ0) is 20.5. The summed E-state index contributed by atoms with van der Waals surface area (Å²) in [6, 6.07) is 8.99. The van der Waals surface area contributed by atoms with Gasteiger partial charge in [-0.1, -0.05) is 6.07 Å². The second-order valence-corrected chi connectivity index (χ2v) is 7.17. The number of halogens is 2. The highest BCUT2D eigenvalue weighted by atomic mass is 19.1. The lowest BCUT2D eigenvalue weighted by Gasteiger charge is -2.33. The predicted octanol–water partition coefficient (Wildman–Crippen LogP) is 3.07. The molecular formula is C21H20F2N4O2. The summed E-state index contributed by atoms with van der Waals surface area (Å²) in [6.07, 6.45) is 2.84. The number of hydrogen-bond donors (Lipinski definition) is 3. The second kappa shape index (κ2) is 7.54. The first-order valence-corrected chi connectivity index (χ1v) is 9.35. The fraction of sp³-hybridized carbons (Fsp3) is 0.238. The second-order valence-electron chi connectivity index (χ2n) is 7.17. The van der Waals surface area contributed by atoms with Crippen molar-refractivity contribution in [3.05, 3.63) is 59.8 Å². The van der Waals surface area contributed by atoms with Crippen molar-refractivity contribution >= 4 is 34.4 Å². The van der Waals surface area contributed by atoms with Crippen LogP contribution >= 0.6 is 0 Å². The van der Waals surface area contributed by atoms with Gasteiger partial charge in [0.2, 0.25) is 5.91 Å². The lowest BCUT2D eigenvalue weighted by atomic mass is 9.97. The number of fused-ring (bicyclic) bond motifs is 1. The van der Waals surface area contributed by atoms with Crippen molar-refractivity contribution in [3.8, 4) is 0 Å². The maximum atomic E-state index is 14.7. The number of nitrogens with zero attached hydrogens (tertiary/aromatic N) is 1. The molecule has 150 valence electrons. The summed E-state index contributed by atoms with van der Waals surface area (Å²) in [5.41, 5.74) is 6.93. The summed E-state index contributed by atoms with van der Waals surface area (Å²) in [4.78, 5) is 25.4. The van der Waals surface area contributed by atoms with Gasteiger partial charge in [0.15, 0.2) is 0 Å². The molecule has 2 amide bonds. The van der Waals surface area contributed by atoms with Gasteiger partial charge in [0.05, 0.1) is 22.9 Å². The van der Waals surface area contributed by atoms with Gasteiger partial charge in [-0.25, -0.2) is 8.78 Å². The van der Waals surface area contributed by atoms with E-state index in [1.807, 2.05) is 4.90 Å². The Bertz CT molecular complexity index is 1020. The lowest BCUT2D eigenvalue weighted by molar-refractivity contribution is -0.122. The minimum absolute atomic E-state index is 0.142. The molecule has 2 aliphatic rings. The van der Waals surface area contributed by atoms with E-state index in [9.17, 15) is 18.4 Å². The van der Waals surface area contributed by atoms with Crippen molar-refractivity contribution < 1.29 is 18.4 Å². The molecule has 2 aliphatic heterocycles. The molecule has 1 saturated heterocycles. The summed E-state index contributed by atoms with van der Waals surface area (Å²) >= 11 is 0. The quantitative estimate of drug-likeness (QED) is 0.691. The molecule has 2 aromatic carbocycles. The highest BCUT2D eigenvalue weighted by molar-refractivity contribution is 6.31. The number of hydrogen-bond acceptors (Lipinski definition) is 4.